The highest BCUT2D eigenvalue weighted by Gasteiger charge is 2.24. The Bertz CT molecular complexity index is 758. The van der Waals surface area contributed by atoms with Crippen molar-refractivity contribution in [2.45, 2.75) is 19.9 Å². The third kappa shape index (κ3) is 3.48. The van der Waals surface area contributed by atoms with Crippen molar-refractivity contribution < 1.29 is 18.8 Å². The highest BCUT2D eigenvalue weighted by Crippen LogP contribution is 2.23. The Morgan fingerprint density at radius 2 is 2.21 bits per heavy atom. The normalized spacial score (nSPS) is 15.1. The maximum Gasteiger partial charge on any atom is 0.414 e. The molecule has 2 amide bonds. The lowest BCUT2D eigenvalue weighted by Crippen LogP contribution is -2.32. The Labute approximate surface area is 138 Å². The molecule has 0 aliphatic carbocycles. The van der Waals surface area contributed by atoms with Crippen molar-refractivity contribution in [2.75, 3.05) is 28.7 Å². The number of nitrogens with zero attached hydrogens (tertiary/aromatic N) is 2. The molecule has 8 heteroatoms. The SMILES string of the molecule is Cc1cc(NC(=O)[C@@H](C)Nc2cccc(N3CCOC3=O)c2)on1. The molecule has 3 rings (SSSR count). The largest absolute Gasteiger partial charge is 0.447 e. The van der Waals surface area contributed by atoms with Crippen LogP contribution in [0.5, 0.6) is 0 Å². The molecule has 0 saturated carbocycles. The van der Waals surface area contributed by atoms with Crippen molar-refractivity contribution in [1.82, 2.24) is 5.16 Å². The van der Waals surface area contributed by atoms with E-state index < -0.39 is 6.04 Å². The summed E-state index contributed by atoms with van der Waals surface area (Å²) in [5.41, 5.74) is 2.14. The number of nitrogens with one attached hydrogen (secondary N) is 2. The van der Waals surface area contributed by atoms with Gasteiger partial charge in [-0.15, -0.1) is 0 Å². The fourth-order valence-corrected chi connectivity index (χ4v) is 2.36. The lowest BCUT2D eigenvalue weighted by atomic mass is 10.2. The van der Waals surface area contributed by atoms with Crippen LogP contribution in [0.15, 0.2) is 34.9 Å². The van der Waals surface area contributed by atoms with Gasteiger partial charge in [-0.3, -0.25) is 15.0 Å². The first-order chi connectivity index (χ1) is 11.5. The molecule has 1 aliphatic heterocycles. The highest BCUT2D eigenvalue weighted by molar-refractivity contribution is 5.95. The van der Waals surface area contributed by atoms with E-state index in [0.29, 0.717) is 24.7 Å². The van der Waals surface area contributed by atoms with Gasteiger partial charge in [0.15, 0.2) is 0 Å². The van der Waals surface area contributed by atoms with Crippen LogP contribution < -0.4 is 15.5 Å². The van der Waals surface area contributed by atoms with Crippen molar-refractivity contribution in [3.05, 3.63) is 36.0 Å². The Hall–Kier alpha value is -3.03. The molecule has 126 valence electrons. The van der Waals surface area contributed by atoms with Gasteiger partial charge in [-0.25, -0.2) is 4.79 Å². The number of aryl methyl sites for hydroxylation is 1. The van der Waals surface area contributed by atoms with Crippen molar-refractivity contribution in [3.8, 4) is 0 Å². The summed E-state index contributed by atoms with van der Waals surface area (Å²) < 4.78 is 9.90. The quantitative estimate of drug-likeness (QED) is 0.874. The Morgan fingerprint density at radius 3 is 2.88 bits per heavy atom. The van der Waals surface area contributed by atoms with Crippen LogP contribution in [0, 0.1) is 6.92 Å². The molecule has 1 atom stereocenters. The number of hydrogen-bond donors (Lipinski definition) is 2. The van der Waals surface area contributed by atoms with Crippen LogP contribution >= 0.6 is 0 Å². The first kappa shape index (κ1) is 15.9. The van der Waals surface area contributed by atoms with Gasteiger partial charge < -0.3 is 14.6 Å². The smallest absolute Gasteiger partial charge is 0.414 e. The molecule has 1 fully saturated rings. The summed E-state index contributed by atoms with van der Waals surface area (Å²) >= 11 is 0. The number of ether oxygens (including phenoxy) is 1. The topological polar surface area (TPSA) is 96.7 Å². The molecule has 0 unspecified atom stereocenters. The van der Waals surface area contributed by atoms with Crippen LogP contribution in [0.25, 0.3) is 0 Å². The number of benzene rings is 1. The molecule has 0 bridgehead atoms. The zero-order chi connectivity index (χ0) is 17.1. The minimum atomic E-state index is -0.504. The molecule has 8 nitrogen and oxygen atoms in total. The lowest BCUT2D eigenvalue weighted by Gasteiger charge is -2.17. The third-order valence-electron chi connectivity index (χ3n) is 3.57. The summed E-state index contributed by atoms with van der Waals surface area (Å²) in [5, 5.41) is 9.46. The second-order valence-electron chi connectivity index (χ2n) is 5.50. The standard InChI is InChI=1S/C16H18N4O4/c1-10-8-14(24-19-10)18-15(21)11(2)17-12-4-3-5-13(9-12)20-6-7-23-16(20)22/h3-5,8-9,11,17H,6-7H2,1-2H3,(H,18,21)/t11-/m1/s1. The lowest BCUT2D eigenvalue weighted by molar-refractivity contribution is -0.116. The first-order valence-corrected chi connectivity index (χ1v) is 7.58. The third-order valence-corrected chi connectivity index (χ3v) is 3.57. The number of hydrogen-bond acceptors (Lipinski definition) is 6. The van der Waals surface area contributed by atoms with Crippen LogP contribution in [0.4, 0.5) is 22.1 Å². The van der Waals surface area contributed by atoms with Crippen molar-refractivity contribution >= 4 is 29.3 Å². The van der Waals surface area contributed by atoms with Gasteiger partial charge >= 0.3 is 6.09 Å². The molecule has 1 saturated heterocycles. The maximum absolute atomic E-state index is 12.2. The van der Waals surface area contributed by atoms with Crippen LogP contribution in [0.1, 0.15) is 12.6 Å². The van der Waals surface area contributed by atoms with E-state index in [1.54, 1.807) is 30.9 Å². The summed E-state index contributed by atoms with van der Waals surface area (Å²) in [6.45, 7) is 4.40. The van der Waals surface area contributed by atoms with Crippen LogP contribution in [0.3, 0.4) is 0 Å². The zero-order valence-corrected chi connectivity index (χ0v) is 13.4. The summed E-state index contributed by atoms with van der Waals surface area (Å²) in [6.07, 6.45) is -0.362. The van der Waals surface area contributed by atoms with E-state index in [0.717, 1.165) is 11.4 Å². The van der Waals surface area contributed by atoms with E-state index >= 15 is 0 Å². The number of rotatable bonds is 5. The van der Waals surface area contributed by atoms with Crippen molar-refractivity contribution in [1.29, 1.82) is 0 Å². The minimum absolute atomic E-state index is 0.253. The fraction of sp³-hybridized carbons (Fsp3) is 0.312. The van der Waals surface area contributed by atoms with Gasteiger partial charge in [0.1, 0.15) is 12.6 Å². The van der Waals surface area contributed by atoms with Crippen LogP contribution in [-0.2, 0) is 9.53 Å². The molecule has 0 radical (unpaired) electrons. The molecule has 2 heterocycles. The Balaban J connectivity index is 1.64. The first-order valence-electron chi connectivity index (χ1n) is 7.58. The zero-order valence-electron chi connectivity index (χ0n) is 13.4. The average Bonchev–Trinajstić information content (AvgIpc) is 3.16. The van der Waals surface area contributed by atoms with Gasteiger partial charge in [-0.1, -0.05) is 11.2 Å². The van der Waals surface area contributed by atoms with Gasteiger partial charge in [0.2, 0.25) is 11.8 Å². The van der Waals surface area contributed by atoms with Crippen LogP contribution in [0.2, 0.25) is 0 Å². The summed E-state index contributed by atoms with van der Waals surface area (Å²) in [6, 6.07) is 8.40. The van der Waals surface area contributed by atoms with E-state index in [-0.39, 0.29) is 12.0 Å². The molecular formula is C16H18N4O4. The molecule has 2 aromatic rings. The monoisotopic (exact) mass is 330 g/mol. The number of carbonyl (C=O) groups is 2. The minimum Gasteiger partial charge on any atom is -0.447 e. The number of cyclic esters (lactones) is 1. The van der Waals surface area contributed by atoms with E-state index in [9.17, 15) is 9.59 Å². The molecule has 2 N–H and O–H groups in total. The van der Waals surface area contributed by atoms with Gasteiger partial charge in [-0.2, -0.15) is 0 Å². The van der Waals surface area contributed by atoms with Gasteiger partial charge in [0.05, 0.1) is 12.2 Å². The molecule has 1 aliphatic rings. The summed E-state index contributed by atoms with van der Waals surface area (Å²) in [7, 11) is 0. The second kappa shape index (κ2) is 6.61. The van der Waals surface area contributed by atoms with Gasteiger partial charge in [0, 0.05) is 17.4 Å². The van der Waals surface area contributed by atoms with Crippen molar-refractivity contribution in [2.24, 2.45) is 0 Å². The number of anilines is 3. The average molecular weight is 330 g/mol. The van der Waals surface area contributed by atoms with E-state index in [4.69, 9.17) is 9.26 Å². The highest BCUT2D eigenvalue weighted by atomic mass is 16.6. The van der Waals surface area contributed by atoms with Gasteiger partial charge in [-0.05, 0) is 32.0 Å². The predicted octanol–water partition coefficient (Wildman–Crippen LogP) is 2.38. The number of aromatic nitrogens is 1. The van der Waals surface area contributed by atoms with E-state index in [1.165, 1.54) is 0 Å². The van der Waals surface area contributed by atoms with Gasteiger partial charge in [0.25, 0.3) is 0 Å². The predicted molar refractivity (Wildman–Crippen MR) is 88.1 cm³/mol. The molecule has 24 heavy (non-hydrogen) atoms. The van der Waals surface area contributed by atoms with Crippen molar-refractivity contribution in [3.63, 3.8) is 0 Å². The number of amides is 2. The summed E-state index contributed by atoms with van der Waals surface area (Å²) in [5.74, 6) is 0.0526. The van der Waals surface area contributed by atoms with Crippen LogP contribution in [-0.4, -0.2) is 36.4 Å². The number of carbonyl (C=O) groups excluding carboxylic acids is 2. The Kier molecular flexibility index (Phi) is 4.37. The maximum atomic E-state index is 12.2. The van der Waals surface area contributed by atoms with E-state index in [2.05, 4.69) is 15.8 Å². The molecule has 1 aromatic heterocycles. The second-order valence-corrected chi connectivity index (χ2v) is 5.50. The molecule has 0 spiro atoms. The summed E-state index contributed by atoms with van der Waals surface area (Å²) in [4.78, 5) is 25.3. The molecule has 1 aromatic carbocycles. The molecular weight excluding hydrogens is 312 g/mol. The Morgan fingerprint density at radius 1 is 1.38 bits per heavy atom. The fourth-order valence-electron chi connectivity index (χ4n) is 2.36. The van der Waals surface area contributed by atoms with E-state index in [1.807, 2.05) is 18.2 Å².